The lowest BCUT2D eigenvalue weighted by Gasteiger charge is -2.37. The molecule has 0 atom stereocenters. The van der Waals surface area contributed by atoms with E-state index in [0.29, 0.717) is 0 Å². The Morgan fingerprint density at radius 3 is 2.19 bits per heavy atom. The Morgan fingerprint density at radius 2 is 1.58 bits per heavy atom. The van der Waals surface area contributed by atoms with Crippen molar-refractivity contribution in [3.63, 3.8) is 0 Å². The first-order valence-corrected chi connectivity index (χ1v) is 10.9. The van der Waals surface area contributed by atoms with Crippen LogP contribution in [0.4, 0.5) is 0 Å². The van der Waals surface area contributed by atoms with Gasteiger partial charge < -0.3 is 9.84 Å². The van der Waals surface area contributed by atoms with E-state index in [4.69, 9.17) is 4.74 Å². The lowest BCUT2D eigenvalue weighted by atomic mass is 9.68. The van der Waals surface area contributed by atoms with Gasteiger partial charge in [-0.25, -0.2) is 0 Å². The predicted molar refractivity (Wildman–Crippen MR) is 109 cm³/mol. The first kappa shape index (κ1) is 19.9. The molecule has 1 N–H and O–H groups in total. The molecular formula is C24H38O2. The summed E-state index contributed by atoms with van der Waals surface area (Å²) in [5.74, 6) is 3.68. The summed E-state index contributed by atoms with van der Waals surface area (Å²) in [5.41, 5.74) is 4.26. The van der Waals surface area contributed by atoms with Crippen LogP contribution in [0.5, 0.6) is 0 Å². The number of hydrogen-bond acceptors (Lipinski definition) is 2. The number of benzene rings is 1. The zero-order chi connectivity index (χ0) is 18.4. The molecule has 0 amide bonds. The summed E-state index contributed by atoms with van der Waals surface area (Å²) < 4.78 is 5.34. The van der Waals surface area contributed by atoms with Gasteiger partial charge in [-0.2, -0.15) is 0 Å². The van der Waals surface area contributed by atoms with Crippen molar-refractivity contribution in [1.29, 1.82) is 0 Å². The van der Waals surface area contributed by atoms with E-state index in [0.717, 1.165) is 43.1 Å². The minimum atomic E-state index is 0.230. The van der Waals surface area contributed by atoms with Crippen LogP contribution in [0.2, 0.25) is 0 Å². The molecule has 2 saturated carbocycles. The molecule has 2 aliphatic rings. The number of aliphatic hydroxyl groups is 1. The molecule has 0 unspecified atom stereocenters. The Hall–Kier alpha value is -0.860. The standard InChI is InChI=1S/C24H38O2/c1-18-3-6-20(7-4-18)21-8-10-22(11-9-21)24-12-5-19(13-15-25)17-23(24)14-16-26-2/h5,12,17-18,20-22,25H,3-4,6-11,13-16H2,1-2H3. The Bertz CT molecular complexity index is 537. The topological polar surface area (TPSA) is 29.5 Å². The summed E-state index contributed by atoms with van der Waals surface area (Å²) in [6, 6.07) is 6.90. The van der Waals surface area contributed by atoms with Crippen molar-refractivity contribution in [1.82, 2.24) is 0 Å². The van der Waals surface area contributed by atoms with Crippen LogP contribution in [0.25, 0.3) is 0 Å². The Kier molecular flexibility index (Phi) is 7.57. The van der Waals surface area contributed by atoms with E-state index in [1.807, 2.05) is 0 Å². The second-order valence-electron chi connectivity index (χ2n) is 8.88. The Labute approximate surface area is 160 Å². The van der Waals surface area contributed by atoms with Crippen molar-refractivity contribution in [2.75, 3.05) is 20.3 Å². The van der Waals surface area contributed by atoms with Crippen LogP contribution < -0.4 is 0 Å². The molecule has 0 aromatic heterocycles. The van der Waals surface area contributed by atoms with E-state index < -0.39 is 0 Å². The number of aliphatic hydroxyl groups excluding tert-OH is 1. The third kappa shape index (κ3) is 5.10. The summed E-state index contributed by atoms with van der Waals surface area (Å²) in [7, 11) is 1.79. The SMILES string of the molecule is COCCc1cc(CCO)ccc1C1CCC(C2CCC(C)CC2)CC1. The highest BCUT2D eigenvalue weighted by atomic mass is 16.5. The number of ether oxygens (including phenoxy) is 1. The molecule has 26 heavy (non-hydrogen) atoms. The summed E-state index contributed by atoms with van der Waals surface area (Å²) >= 11 is 0. The van der Waals surface area contributed by atoms with Gasteiger partial charge in [0.25, 0.3) is 0 Å². The lowest BCUT2D eigenvalue weighted by Crippen LogP contribution is -2.25. The van der Waals surface area contributed by atoms with Gasteiger partial charge in [0, 0.05) is 13.7 Å². The highest BCUT2D eigenvalue weighted by molar-refractivity contribution is 5.35. The van der Waals surface area contributed by atoms with Gasteiger partial charge in [-0.05, 0) is 91.7 Å². The molecule has 0 aliphatic heterocycles. The number of hydrogen-bond donors (Lipinski definition) is 1. The third-order valence-electron chi connectivity index (χ3n) is 7.12. The molecule has 0 saturated heterocycles. The molecular weight excluding hydrogens is 320 g/mol. The van der Waals surface area contributed by atoms with Gasteiger partial charge >= 0.3 is 0 Å². The first-order chi connectivity index (χ1) is 12.7. The molecule has 0 radical (unpaired) electrons. The van der Waals surface area contributed by atoms with Gasteiger partial charge in [-0.15, -0.1) is 0 Å². The zero-order valence-corrected chi connectivity index (χ0v) is 16.9. The van der Waals surface area contributed by atoms with Crippen LogP contribution in [0.15, 0.2) is 18.2 Å². The fourth-order valence-corrected chi connectivity index (χ4v) is 5.43. The quantitative estimate of drug-likeness (QED) is 0.696. The average molecular weight is 359 g/mol. The fourth-order valence-electron chi connectivity index (χ4n) is 5.43. The average Bonchev–Trinajstić information content (AvgIpc) is 2.68. The minimum Gasteiger partial charge on any atom is -0.396 e. The van der Waals surface area contributed by atoms with Crippen molar-refractivity contribution < 1.29 is 9.84 Å². The second-order valence-corrected chi connectivity index (χ2v) is 8.88. The van der Waals surface area contributed by atoms with Crippen molar-refractivity contribution in [3.8, 4) is 0 Å². The van der Waals surface area contributed by atoms with Crippen LogP contribution in [-0.4, -0.2) is 25.4 Å². The highest BCUT2D eigenvalue weighted by Crippen LogP contribution is 2.44. The maximum atomic E-state index is 9.25. The van der Waals surface area contributed by atoms with Crippen LogP contribution in [0.3, 0.4) is 0 Å². The monoisotopic (exact) mass is 358 g/mol. The molecule has 0 spiro atoms. The molecule has 0 heterocycles. The normalized spacial score (nSPS) is 29.7. The Morgan fingerprint density at radius 1 is 0.923 bits per heavy atom. The van der Waals surface area contributed by atoms with E-state index in [1.165, 1.54) is 62.5 Å². The van der Waals surface area contributed by atoms with E-state index >= 15 is 0 Å². The molecule has 1 aromatic rings. The van der Waals surface area contributed by atoms with Crippen LogP contribution in [0, 0.1) is 17.8 Å². The van der Waals surface area contributed by atoms with E-state index in [2.05, 4.69) is 25.1 Å². The van der Waals surface area contributed by atoms with Gasteiger partial charge in [0.05, 0.1) is 6.61 Å². The largest absolute Gasteiger partial charge is 0.396 e. The molecule has 0 bridgehead atoms. The van der Waals surface area contributed by atoms with Crippen molar-refractivity contribution in [2.24, 2.45) is 17.8 Å². The smallest absolute Gasteiger partial charge is 0.0502 e. The molecule has 2 fully saturated rings. The number of rotatable bonds is 7. The maximum absolute atomic E-state index is 9.25. The fraction of sp³-hybridized carbons (Fsp3) is 0.750. The lowest BCUT2D eigenvalue weighted by molar-refractivity contribution is 0.164. The minimum absolute atomic E-state index is 0.230. The van der Waals surface area contributed by atoms with Gasteiger partial charge in [-0.1, -0.05) is 38.0 Å². The summed E-state index contributed by atoms with van der Waals surface area (Å²) in [6.45, 7) is 3.44. The van der Waals surface area contributed by atoms with Gasteiger partial charge in [0.2, 0.25) is 0 Å². The summed E-state index contributed by atoms with van der Waals surface area (Å²) in [6.07, 6.45) is 13.2. The predicted octanol–water partition coefficient (Wildman–Crippen LogP) is 5.51. The molecule has 2 aliphatic carbocycles. The van der Waals surface area contributed by atoms with Crippen molar-refractivity contribution in [2.45, 2.75) is 77.0 Å². The summed E-state index contributed by atoms with van der Waals surface area (Å²) in [5, 5.41) is 9.25. The van der Waals surface area contributed by atoms with Crippen LogP contribution >= 0.6 is 0 Å². The van der Waals surface area contributed by atoms with E-state index in [-0.39, 0.29) is 6.61 Å². The highest BCUT2D eigenvalue weighted by Gasteiger charge is 2.31. The zero-order valence-electron chi connectivity index (χ0n) is 16.9. The molecule has 2 heteroatoms. The first-order valence-electron chi connectivity index (χ1n) is 10.9. The molecule has 146 valence electrons. The number of methoxy groups -OCH3 is 1. The van der Waals surface area contributed by atoms with Gasteiger partial charge in [0.15, 0.2) is 0 Å². The molecule has 1 aromatic carbocycles. The van der Waals surface area contributed by atoms with Crippen LogP contribution in [-0.2, 0) is 17.6 Å². The van der Waals surface area contributed by atoms with Crippen LogP contribution in [0.1, 0.15) is 80.9 Å². The van der Waals surface area contributed by atoms with Gasteiger partial charge in [0.1, 0.15) is 0 Å². The molecule has 2 nitrogen and oxygen atoms in total. The van der Waals surface area contributed by atoms with E-state index in [1.54, 1.807) is 12.7 Å². The van der Waals surface area contributed by atoms with Gasteiger partial charge in [-0.3, -0.25) is 0 Å². The maximum Gasteiger partial charge on any atom is 0.0502 e. The summed E-state index contributed by atoms with van der Waals surface area (Å²) in [4.78, 5) is 0. The van der Waals surface area contributed by atoms with Crippen molar-refractivity contribution >= 4 is 0 Å². The van der Waals surface area contributed by atoms with Crippen molar-refractivity contribution in [3.05, 3.63) is 34.9 Å². The molecule has 3 rings (SSSR count). The third-order valence-corrected chi connectivity index (χ3v) is 7.12. The van der Waals surface area contributed by atoms with E-state index in [9.17, 15) is 5.11 Å². The Balaban J connectivity index is 1.62. The second kappa shape index (κ2) is 9.90.